The molecule has 1 heterocycles. The lowest BCUT2D eigenvalue weighted by molar-refractivity contribution is -0.144. The minimum Gasteiger partial charge on any atom is -0.370 e. The number of carbonyl (C=O) groups excluding carboxylic acids is 1. The van der Waals surface area contributed by atoms with E-state index in [1.165, 1.54) is 6.42 Å². The van der Waals surface area contributed by atoms with Crippen LogP contribution in [0.25, 0.3) is 0 Å². The van der Waals surface area contributed by atoms with Gasteiger partial charge < -0.3 is 10.1 Å². The molecule has 0 spiro atoms. The van der Waals surface area contributed by atoms with Crippen LogP contribution in [0.15, 0.2) is 53.0 Å². The Labute approximate surface area is 186 Å². The minimum absolute atomic E-state index is 0.0297. The zero-order chi connectivity index (χ0) is 20.6. The van der Waals surface area contributed by atoms with Crippen LogP contribution in [-0.2, 0) is 4.74 Å². The Bertz CT molecular complexity index is 904. The lowest BCUT2D eigenvalue weighted by atomic mass is 9.66. The Balaban J connectivity index is 1.63. The second kappa shape index (κ2) is 8.41. The van der Waals surface area contributed by atoms with Crippen molar-refractivity contribution in [2.24, 2.45) is 11.8 Å². The number of amides is 1. The number of halogens is 2. The molecule has 2 aliphatic rings. The van der Waals surface area contributed by atoms with Gasteiger partial charge in [0.15, 0.2) is 0 Å². The highest BCUT2D eigenvalue weighted by Gasteiger charge is 2.49. The molecule has 1 amide bonds. The van der Waals surface area contributed by atoms with Crippen molar-refractivity contribution in [1.29, 1.82) is 0 Å². The summed E-state index contributed by atoms with van der Waals surface area (Å²) in [6, 6.07) is 15.5. The molecule has 2 fully saturated rings. The molecule has 1 aliphatic heterocycles. The minimum atomic E-state index is -0.338. The smallest absolute Gasteiger partial charge is 0.251 e. The molecule has 29 heavy (non-hydrogen) atoms. The van der Waals surface area contributed by atoms with Crippen molar-refractivity contribution in [2.75, 3.05) is 0 Å². The summed E-state index contributed by atoms with van der Waals surface area (Å²) in [7, 11) is 0. The molecule has 0 bridgehead atoms. The summed E-state index contributed by atoms with van der Waals surface area (Å²) in [5.74, 6) is 0.919. The zero-order valence-corrected chi connectivity index (χ0v) is 19.2. The largest absolute Gasteiger partial charge is 0.370 e. The number of fused-ring (bicyclic) bond motifs is 1. The Morgan fingerprint density at radius 3 is 2.76 bits per heavy atom. The summed E-state index contributed by atoms with van der Waals surface area (Å²) < 4.78 is 7.49. The van der Waals surface area contributed by atoms with E-state index in [1.54, 1.807) is 0 Å². The quantitative estimate of drug-likeness (QED) is 0.545. The summed E-state index contributed by atoms with van der Waals surface area (Å²) in [5, 5.41) is 4.11. The molecule has 1 N–H and O–H groups in total. The normalized spacial score (nSPS) is 31.7. The van der Waals surface area contributed by atoms with E-state index >= 15 is 0 Å². The number of rotatable bonds is 3. The van der Waals surface area contributed by atoms with Crippen LogP contribution in [0.1, 0.15) is 61.6 Å². The van der Waals surface area contributed by atoms with Crippen LogP contribution in [0, 0.1) is 11.8 Å². The van der Waals surface area contributed by atoms with Crippen molar-refractivity contribution in [3.05, 3.63) is 69.2 Å². The number of benzene rings is 2. The molecule has 154 valence electrons. The number of carbonyl (C=O) groups is 1. The molecule has 0 radical (unpaired) electrons. The lowest BCUT2D eigenvalue weighted by Gasteiger charge is -2.52. The Kier molecular flexibility index (Phi) is 6.06. The fourth-order valence-electron chi connectivity index (χ4n) is 5.01. The Morgan fingerprint density at radius 2 is 2.00 bits per heavy atom. The van der Waals surface area contributed by atoms with Gasteiger partial charge in [0.2, 0.25) is 0 Å². The average Bonchev–Trinajstić information content (AvgIpc) is 2.67. The van der Waals surface area contributed by atoms with E-state index in [-0.39, 0.29) is 23.7 Å². The van der Waals surface area contributed by atoms with Gasteiger partial charge in [0.1, 0.15) is 0 Å². The highest BCUT2D eigenvalue weighted by atomic mass is 79.9. The molecule has 1 saturated heterocycles. The second-order valence-electron chi connectivity index (χ2n) is 8.83. The molecule has 5 heteroatoms. The molecule has 0 unspecified atom stereocenters. The predicted octanol–water partition coefficient (Wildman–Crippen LogP) is 6.56. The number of nitrogens with one attached hydrogen (secondary N) is 1. The van der Waals surface area contributed by atoms with Crippen LogP contribution in [0.3, 0.4) is 0 Å². The van der Waals surface area contributed by atoms with Crippen LogP contribution in [-0.4, -0.2) is 17.6 Å². The maximum Gasteiger partial charge on any atom is 0.251 e. The van der Waals surface area contributed by atoms with Crippen molar-refractivity contribution < 1.29 is 9.53 Å². The molecule has 3 nitrogen and oxygen atoms in total. The van der Waals surface area contributed by atoms with Gasteiger partial charge in [0.05, 0.1) is 12.2 Å². The summed E-state index contributed by atoms with van der Waals surface area (Å²) in [4.78, 5) is 13.1. The third-order valence-electron chi connectivity index (χ3n) is 6.53. The number of hydrogen-bond donors (Lipinski definition) is 1. The van der Waals surface area contributed by atoms with Crippen LogP contribution in [0.4, 0.5) is 0 Å². The average molecular weight is 477 g/mol. The number of ether oxygens (including phenoxy) is 1. The number of hydrogen-bond acceptors (Lipinski definition) is 2. The van der Waals surface area contributed by atoms with Crippen molar-refractivity contribution in [1.82, 2.24) is 5.32 Å². The molecule has 4 rings (SSSR count). The van der Waals surface area contributed by atoms with Crippen molar-refractivity contribution >= 4 is 33.4 Å². The van der Waals surface area contributed by atoms with Crippen LogP contribution in [0.5, 0.6) is 0 Å². The fourth-order valence-corrected chi connectivity index (χ4v) is 5.61. The first-order valence-corrected chi connectivity index (χ1v) is 11.5. The summed E-state index contributed by atoms with van der Waals surface area (Å²) in [6.45, 7) is 4.48. The van der Waals surface area contributed by atoms with Crippen LogP contribution >= 0.6 is 27.5 Å². The van der Waals surface area contributed by atoms with Gasteiger partial charge in [0, 0.05) is 32.9 Å². The molecule has 1 aliphatic carbocycles. The van der Waals surface area contributed by atoms with Gasteiger partial charge in [-0.1, -0.05) is 59.1 Å². The first-order chi connectivity index (χ1) is 13.8. The van der Waals surface area contributed by atoms with Gasteiger partial charge in [-0.3, -0.25) is 4.79 Å². The van der Waals surface area contributed by atoms with Crippen molar-refractivity contribution in [3.8, 4) is 0 Å². The Hall–Kier alpha value is -1.36. The summed E-state index contributed by atoms with van der Waals surface area (Å²) in [6.07, 6.45) is 4.09. The van der Waals surface area contributed by atoms with Gasteiger partial charge in [0.25, 0.3) is 5.91 Å². The highest BCUT2D eigenvalue weighted by Crippen LogP contribution is 2.48. The topological polar surface area (TPSA) is 38.3 Å². The standard InChI is InChI=1S/C24H27BrClNO2/c1-15-9-10-20-21(11-15)29-22(16-5-4-8-19(26)13-16)14-24(20,2)27-23(28)17-6-3-7-18(25)12-17/h3-8,12-13,15,20-22H,9-11,14H2,1-2H3,(H,27,28)/t15-,20-,21-,22-,24-/m0/s1. The third-order valence-corrected chi connectivity index (χ3v) is 7.26. The van der Waals surface area contributed by atoms with Gasteiger partial charge >= 0.3 is 0 Å². The summed E-state index contributed by atoms with van der Waals surface area (Å²) >= 11 is 9.71. The summed E-state index contributed by atoms with van der Waals surface area (Å²) in [5.41, 5.74) is 1.42. The highest BCUT2D eigenvalue weighted by molar-refractivity contribution is 9.10. The first kappa shape index (κ1) is 20.9. The SMILES string of the molecule is C[C@H]1CC[C@H]2[C@H](C1)O[C@H](c1cccc(Cl)c1)C[C@]2(C)NC(=O)c1cccc(Br)c1. The molecule has 2 aromatic carbocycles. The lowest BCUT2D eigenvalue weighted by Crippen LogP contribution is -2.60. The van der Waals surface area contributed by atoms with E-state index in [1.807, 2.05) is 42.5 Å². The predicted molar refractivity (Wildman–Crippen MR) is 120 cm³/mol. The zero-order valence-electron chi connectivity index (χ0n) is 16.8. The van der Waals surface area contributed by atoms with Gasteiger partial charge in [-0.15, -0.1) is 0 Å². The molecule has 0 aromatic heterocycles. The van der Waals surface area contributed by atoms with Gasteiger partial charge in [-0.05, 0) is 61.6 Å². The van der Waals surface area contributed by atoms with E-state index < -0.39 is 0 Å². The first-order valence-electron chi connectivity index (χ1n) is 10.3. The van der Waals surface area contributed by atoms with Crippen LogP contribution < -0.4 is 5.32 Å². The van der Waals surface area contributed by atoms with E-state index in [0.29, 0.717) is 22.4 Å². The Morgan fingerprint density at radius 1 is 1.21 bits per heavy atom. The molecular formula is C24H27BrClNO2. The third kappa shape index (κ3) is 4.55. The monoisotopic (exact) mass is 475 g/mol. The van der Waals surface area contributed by atoms with Crippen LogP contribution in [0.2, 0.25) is 5.02 Å². The maximum atomic E-state index is 13.1. The van der Waals surface area contributed by atoms with Crippen molar-refractivity contribution in [2.45, 2.75) is 57.3 Å². The van der Waals surface area contributed by atoms with Crippen molar-refractivity contribution in [3.63, 3.8) is 0 Å². The molecule has 2 aromatic rings. The molecular weight excluding hydrogens is 450 g/mol. The van der Waals surface area contributed by atoms with E-state index in [9.17, 15) is 4.79 Å². The van der Waals surface area contributed by atoms with Gasteiger partial charge in [-0.25, -0.2) is 0 Å². The van der Waals surface area contributed by atoms with E-state index in [2.05, 4.69) is 41.2 Å². The maximum absolute atomic E-state index is 13.1. The van der Waals surface area contributed by atoms with E-state index in [4.69, 9.17) is 16.3 Å². The van der Waals surface area contributed by atoms with Gasteiger partial charge in [-0.2, -0.15) is 0 Å². The fraction of sp³-hybridized carbons (Fsp3) is 0.458. The second-order valence-corrected chi connectivity index (χ2v) is 10.2. The molecule has 1 saturated carbocycles. The molecule has 5 atom stereocenters. The van der Waals surface area contributed by atoms with E-state index in [0.717, 1.165) is 29.3 Å².